The summed E-state index contributed by atoms with van der Waals surface area (Å²) in [5.41, 5.74) is 0.489. The third-order valence-corrected chi connectivity index (χ3v) is 2.65. The van der Waals surface area contributed by atoms with Gasteiger partial charge in [0.1, 0.15) is 5.82 Å². The van der Waals surface area contributed by atoms with Gasteiger partial charge in [-0.15, -0.1) is 0 Å². The second kappa shape index (κ2) is 8.31. The van der Waals surface area contributed by atoms with E-state index in [1.165, 1.54) is 17.0 Å². The molecule has 0 radical (unpaired) electrons. The summed E-state index contributed by atoms with van der Waals surface area (Å²) < 4.78 is 18.8. The van der Waals surface area contributed by atoms with E-state index in [1.54, 1.807) is 20.2 Å². The van der Waals surface area contributed by atoms with Crippen molar-refractivity contribution in [2.24, 2.45) is 0 Å². The van der Waals surface area contributed by atoms with E-state index in [1.807, 2.05) is 0 Å². The predicted molar refractivity (Wildman–Crippen MR) is 73.8 cm³/mol. The Morgan fingerprint density at radius 1 is 1.50 bits per heavy atom. The minimum Gasteiger partial charge on any atom is -0.395 e. The summed E-state index contributed by atoms with van der Waals surface area (Å²) in [6.45, 7) is 0.762. The summed E-state index contributed by atoms with van der Waals surface area (Å²) >= 11 is 0. The second-order valence-electron chi connectivity index (χ2n) is 4.19. The van der Waals surface area contributed by atoms with Gasteiger partial charge in [0.25, 0.3) is 5.91 Å². The number of hydrogen-bond acceptors (Lipinski definition) is 3. The smallest absolute Gasteiger partial charge is 0.256 e. The number of amides is 1. The number of carbonyl (C=O) groups is 1. The molecule has 0 unspecified atom stereocenters. The molecule has 1 rings (SSSR count). The molecule has 0 saturated carbocycles. The predicted octanol–water partition coefficient (Wildman–Crippen LogP) is 1.28. The first kappa shape index (κ1) is 16.2. The largest absolute Gasteiger partial charge is 0.395 e. The van der Waals surface area contributed by atoms with Crippen LogP contribution in [-0.4, -0.2) is 49.8 Å². The van der Waals surface area contributed by atoms with Crippen LogP contribution in [0.25, 0.3) is 0 Å². The topological polar surface area (TPSA) is 49.8 Å². The molecule has 0 saturated heterocycles. The normalized spacial score (nSPS) is 9.80. The van der Waals surface area contributed by atoms with E-state index < -0.39 is 11.7 Å². The third kappa shape index (κ3) is 4.65. The van der Waals surface area contributed by atoms with Crippen LogP contribution in [0.15, 0.2) is 18.2 Å². The van der Waals surface area contributed by atoms with Crippen molar-refractivity contribution < 1.29 is 19.0 Å². The number of methoxy groups -OCH3 is 1. The Bertz CT molecular complexity index is 520. The number of carbonyl (C=O) groups excluding carboxylic acids is 1. The molecule has 0 aliphatic rings. The maximum absolute atomic E-state index is 13.9. The van der Waals surface area contributed by atoms with Crippen LogP contribution in [0.5, 0.6) is 0 Å². The van der Waals surface area contributed by atoms with Crippen LogP contribution in [0.3, 0.4) is 0 Å². The molecule has 0 fully saturated rings. The van der Waals surface area contributed by atoms with Crippen molar-refractivity contribution in [3.63, 3.8) is 0 Å². The number of rotatable bonds is 5. The Morgan fingerprint density at radius 3 is 2.85 bits per heavy atom. The lowest BCUT2D eigenvalue weighted by atomic mass is 10.1. The van der Waals surface area contributed by atoms with Crippen molar-refractivity contribution in [2.75, 3.05) is 33.9 Å². The Kier molecular flexibility index (Phi) is 6.71. The summed E-state index contributed by atoms with van der Waals surface area (Å²) in [5.74, 6) is 4.42. The average molecular weight is 279 g/mol. The highest BCUT2D eigenvalue weighted by Gasteiger charge is 2.15. The van der Waals surface area contributed by atoms with Crippen LogP contribution >= 0.6 is 0 Å². The molecule has 0 heterocycles. The minimum absolute atomic E-state index is 0.0105. The molecular formula is C15H18FNO3. The Labute approximate surface area is 118 Å². The van der Waals surface area contributed by atoms with Gasteiger partial charge in [0.2, 0.25) is 0 Å². The van der Waals surface area contributed by atoms with Crippen molar-refractivity contribution in [1.29, 1.82) is 0 Å². The zero-order valence-electron chi connectivity index (χ0n) is 11.6. The fourth-order valence-corrected chi connectivity index (χ4v) is 1.52. The van der Waals surface area contributed by atoms with Crippen molar-refractivity contribution in [3.8, 4) is 11.8 Å². The van der Waals surface area contributed by atoms with Gasteiger partial charge in [0, 0.05) is 32.7 Å². The van der Waals surface area contributed by atoms with Crippen LogP contribution in [0.1, 0.15) is 22.3 Å². The first-order valence-corrected chi connectivity index (χ1v) is 6.23. The van der Waals surface area contributed by atoms with E-state index in [-0.39, 0.29) is 12.2 Å². The number of ether oxygens (including phenoxy) is 1. The van der Waals surface area contributed by atoms with E-state index in [2.05, 4.69) is 11.8 Å². The van der Waals surface area contributed by atoms with Gasteiger partial charge < -0.3 is 14.7 Å². The average Bonchev–Trinajstić information content (AvgIpc) is 2.44. The summed E-state index contributed by atoms with van der Waals surface area (Å²) in [7, 11) is 3.13. The first-order chi connectivity index (χ1) is 9.60. The number of benzene rings is 1. The lowest BCUT2D eigenvalue weighted by Gasteiger charge is -2.16. The van der Waals surface area contributed by atoms with Crippen LogP contribution in [0.4, 0.5) is 4.39 Å². The molecule has 1 N–H and O–H groups in total. The summed E-state index contributed by atoms with van der Waals surface area (Å²) in [5, 5.41) is 8.61. The van der Waals surface area contributed by atoms with Gasteiger partial charge in [0.05, 0.1) is 18.8 Å². The second-order valence-corrected chi connectivity index (χ2v) is 4.19. The molecular weight excluding hydrogens is 261 g/mol. The zero-order chi connectivity index (χ0) is 15.0. The molecule has 1 aromatic carbocycles. The lowest BCUT2D eigenvalue weighted by Crippen LogP contribution is -2.30. The monoisotopic (exact) mass is 279 g/mol. The number of hydrogen-bond donors (Lipinski definition) is 1. The number of aliphatic hydroxyl groups excluding tert-OH is 1. The van der Waals surface area contributed by atoms with Gasteiger partial charge in [-0.25, -0.2) is 4.39 Å². The fraction of sp³-hybridized carbons (Fsp3) is 0.400. The van der Waals surface area contributed by atoms with E-state index >= 15 is 0 Å². The molecule has 0 bridgehead atoms. The van der Waals surface area contributed by atoms with Crippen molar-refractivity contribution >= 4 is 5.91 Å². The fourth-order valence-electron chi connectivity index (χ4n) is 1.52. The molecule has 1 amide bonds. The Hall–Kier alpha value is -1.90. The molecule has 0 aliphatic carbocycles. The van der Waals surface area contributed by atoms with Crippen LogP contribution < -0.4 is 0 Å². The Morgan fingerprint density at radius 2 is 2.25 bits per heavy atom. The number of aliphatic hydroxyl groups is 1. The van der Waals surface area contributed by atoms with E-state index in [4.69, 9.17) is 9.84 Å². The molecule has 1 aromatic rings. The molecule has 0 spiro atoms. The van der Waals surface area contributed by atoms with Gasteiger partial charge in [0.15, 0.2) is 0 Å². The lowest BCUT2D eigenvalue weighted by molar-refractivity contribution is 0.0739. The molecule has 108 valence electrons. The van der Waals surface area contributed by atoms with Crippen molar-refractivity contribution in [2.45, 2.75) is 6.42 Å². The van der Waals surface area contributed by atoms with Crippen molar-refractivity contribution in [3.05, 3.63) is 35.1 Å². The van der Waals surface area contributed by atoms with Crippen molar-refractivity contribution in [1.82, 2.24) is 4.90 Å². The zero-order valence-corrected chi connectivity index (χ0v) is 11.6. The maximum atomic E-state index is 13.9. The van der Waals surface area contributed by atoms with Gasteiger partial charge in [-0.05, 0) is 18.2 Å². The van der Waals surface area contributed by atoms with Gasteiger partial charge in [-0.1, -0.05) is 11.8 Å². The highest BCUT2D eigenvalue weighted by atomic mass is 19.1. The number of nitrogens with zero attached hydrogens (tertiary/aromatic N) is 1. The number of likely N-dealkylation sites (N-methyl/N-ethyl adjacent to an activating group) is 1. The standard InChI is InChI=1S/C15H18FNO3/c1-17(8-10-20-2)15(19)13-7-6-12(11-14(13)16)5-3-4-9-18/h6-7,11,18H,4,8-10H2,1-2H3. The van der Waals surface area contributed by atoms with Gasteiger partial charge in [-0.3, -0.25) is 4.79 Å². The highest BCUT2D eigenvalue weighted by molar-refractivity contribution is 5.94. The van der Waals surface area contributed by atoms with Crippen LogP contribution in [0, 0.1) is 17.7 Å². The summed E-state index contributed by atoms with van der Waals surface area (Å²) in [6.07, 6.45) is 0.335. The molecule has 5 heteroatoms. The molecule has 20 heavy (non-hydrogen) atoms. The van der Waals surface area contributed by atoms with Gasteiger partial charge in [-0.2, -0.15) is 0 Å². The van der Waals surface area contributed by atoms with E-state index in [9.17, 15) is 9.18 Å². The van der Waals surface area contributed by atoms with E-state index in [0.717, 1.165) is 0 Å². The Balaban J connectivity index is 2.82. The summed E-state index contributed by atoms with van der Waals surface area (Å²) in [6, 6.07) is 4.23. The highest BCUT2D eigenvalue weighted by Crippen LogP contribution is 2.12. The van der Waals surface area contributed by atoms with Gasteiger partial charge >= 0.3 is 0 Å². The van der Waals surface area contributed by atoms with Crippen LogP contribution in [-0.2, 0) is 4.74 Å². The minimum atomic E-state index is -0.602. The number of halogens is 1. The molecule has 4 nitrogen and oxygen atoms in total. The quantitative estimate of drug-likeness (QED) is 0.826. The van der Waals surface area contributed by atoms with Crippen LogP contribution in [0.2, 0.25) is 0 Å². The van der Waals surface area contributed by atoms with E-state index in [0.29, 0.717) is 25.1 Å². The molecule has 0 atom stereocenters. The summed E-state index contributed by atoms with van der Waals surface area (Å²) in [4.78, 5) is 13.4. The SMILES string of the molecule is COCCN(C)C(=O)c1ccc(C#CCCO)cc1F. The molecule has 0 aliphatic heterocycles. The first-order valence-electron chi connectivity index (χ1n) is 6.23. The third-order valence-electron chi connectivity index (χ3n) is 2.65. The maximum Gasteiger partial charge on any atom is 0.256 e. The molecule has 0 aromatic heterocycles.